The first kappa shape index (κ1) is 14.7. The zero-order valence-corrected chi connectivity index (χ0v) is 13.9. The summed E-state index contributed by atoms with van der Waals surface area (Å²) in [5.74, 6) is 2.52. The second kappa shape index (κ2) is 5.75. The Morgan fingerprint density at radius 1 is 1.00 bits per heavy atom. The molecule has 0 radical (unpaired) electrons. The minimum absolute atomic E-state index is 0.00408. The molecule has 4 unspecified atom stereocenters. The number of fused-ring (bicyclic) bond motifs is 2. The number of hydrogen-bond donors (Lipinski definition) is 0. The molecule has 4 fully saturated rings. The second-order valence-corrected chi connectivity index (χ2v) is 7.25. The fourth-order valence-electron chi connectivity index (χ4n) is 4.99. The topological polar surface area (TPSA) is 75.1 Å². The number of carbonyl (C=O) groups is 1. The van der Waals surface area contributed by atoms with E-state index in [1.165, 1.54) is 6.42 Å². The summed E-state index contributed by atoms with van der Waals surface area (Å²) in [5.41, 5.74) is 0.441. The zero-order chi connectivity index (χ0) is 16.8. The summed E-state index contributed by atoms with van der Waals surface area (Å²) in [4.78, 5) is 26.0. The van der Waals surface area contributed by atoms with Crippen molar-refractivity contribution in [2.75, 3.05) is 24.5 Å². The average Bonchev–Trinajstić information content (AvgIpc) is 3.16. The third-order valence-corrected chi connectivity index (χ3v) is 6.06. The van der Waals surface area contributed by atoms with E-state index in [0.29, 0.717) is 29.5 Å². The van der Waals surface area contributed by atoms with E-state index in [1.54, 1.807) is 30.7 Å². The summed E-state index contributed by atoms with van der Waals surface area (Å²) >= 11 is 0. The fraction of sp³-hybridized carbons (Fsp3) is 0.500. The second-order valence-electron chi connectivity index (χ2n) is 7.25. The smallest absolute Gasteiger partial charge is 0.274 e. The van der Waals surface area contributed by atoms with Crippen molar-refractivity contribution >= 4 is 11.9 Å². The van der Waals surface area contributed by atoms with Crippen molar-refractivity contribution in [3.05, 3.63) is 42.5 Å². The van der Waals surface area contributed by atoms with Crippen LogP contribution in [0.15, 0.2) is 36.8 Å². The number of amides is 1. The lowest BCUT2D eigenvalue weighted by molar-refractivity contribution is 0.0775. The normalized spacial score (nSPS) is 30.4. The molecule has 25 heavy (non-hydrogen) atoms. The van der Waals surface area contributed by atoms with E-state index >= 15 is 0 Å². The number of carbonyl (C=O) groups excluding carboxylic acids is 1. The van der Waals surface area contributed by atoms with Crippen LogP contribution in [0.1, 0.15) is 23.3 Å². The molecular formula is C18H20N6O. The van der Waals surface area contributed by atoms with Gasteiger partial charge in [-0.15, -0.1) is 5.10 Å². The van der Waals surface area contributed by atoms with E-state index in [9.17, 15) is 4.79 Å². The minimum atomic E-state index is 0.00408. The predicted octanol–water partition coefficient (Wildman–Crippen LogP) is 1.25. The van der Waals surface area contributed by atoms with Crippen LogP contribution in [-0.2, 0) is 0 Å². The number of hydrogen-bond acceptors (Lipinski definition) is 6. The monoisotopic (exact) mass is 336 g/mol. The Labute approximate surface area is 146 Å². The van der Waals surface area contributed by atoms with E-state index in [2.05, 4.69) is 25.1 Å². The molecule has 2 aromatic rings. The van der Waals surface area contributed by atoms with Gasteiger partial charge in [-0.05, 0) is 42.9 Å². The van der Waals surface area contributed by atoms with Crippen molar-refractivity contribution in [3.8, 4) is 0 Å². The summed E-state index contributed by atoms with van der Waals surface area (Å²) in [5, 5.41) is 7.82. The van der Waals surface area contributed by atoms with E-state index in [-0.39, 0.29) is 5.91 Å². The van der Waals surface area contributed by atoms with Gasteiger partial charge in [0.2, 0.25) is 5.95 Å². The first-order chi connectivity index (χ1) is 12.3. The molecule has 4 atom stereocenters. The van der Waals surface area contributed by atoms with Crippen LogP contribution in [0.25, 0.3) is 0 Å². The summed E-state index contributed by atoms with van der Waals surface area (Å²) in [6.45, 7) is 2.64. The molecular weight excluding hydrogens is 316 g/mol. The summed E-state index contributed by atoms with van der Waals surface area (Å²) in [6, 6.07) is 5.79. The van der Waals surface area contributed by atoms with Crippen LogP contribution in [0.3, 0.4) is 0 Å². The molecule has 2 bridgehead atoms. The highest BCUT2D eigenvalue weighted by atomic mass is 16.2. The van der Waals surface area contributed by atoms with Crippen LogP contribution < -0.4 is 4.90 Å². The largest absolute Gasteiger partial charge is 0.337 e. The maximum absolute atomic E-state index is 12.8. The van der Waals surface area contributed by atoms with E-state index in [1.807, 2.05) is 11.0 Å². The van der Waals surface area contributed by atoms with Gasteiger partial charge < -0.3 is 9.80 Å². The molecule has 2 aromatic heterocycles. The van der Waals surface area contributed by atoms with Crippen LogP contribution in [-0.4, -0.2) is 56.6 Å². The van der Waals surface area contributed by atoms with Gasteiger partial charge in [-0.2, -0.15) is 5.10 Å². The number of aromatic nitrogens is 4. The van der Waals surface area contributed by atoms with E-state index < -0.39 is 0 Å². The van der Waals surface area contributed by atoms with Crippen molar-refractivity contribution in [1.82, 2.24) is 25.1 Å². The summed E-state index contributed by atoms with van der Waals surface area (Å²) in [6.07, 6.45) is 7.61. The molecule has 0 aromatic carbocycles. The number of anilines is 1. The first-order valence-corrected chi connectivity index (χ1v) is 8.92. The van der Waals surface area contributed by atoms with Gasteiger partial charge in [-0.25, -0.2) is 9.97 Å². The van der Waals surface area contributed by atoms with Crippen LogP contribution in [0, 0.1) is 17.8 Å². The van der Waals surface area contributed by atoms with Crippen LogP contribution >= 0.6 is 0 Å². The SMILES string of the molecule is O=C(c1cccnn1)N1CC2C3CCC(C2C1)N(c1ncccn1)C3. The third-order valence-electron chi connectivity index (χ3n) is 6.06. The Bertz CT molecular complexity index is 770. The third kappa shape index (κ3) is 2.37. The number of likely N-dealkylation sites (tertiary alicyclic amines) is 1. The van der Waals surface area contributed by atoms with Gasteiger partial charge in [0.05, 0.1) is 0 Å². The van der Waals surface area contributed by atoms with Gasteiger partial charge in [0, 0.05) is 50.2 Å². The molecule has 128 valence electrons. The highest BCUT2D eigenvalue weighted by Gasteiger charge is 2.52. The molecule has 6 rings (SSSR count). The van der Waals surface area contributed by atoms with Crippen molar-refractivity contribution in [1.29, 1.82) is 0 Å². The first-order valence-electron chi connectivity index (χ1n) is 8.92. The number of piperidine rings is 2. The lowest BCUT2D eigenvalue weighted by Gasteiger charge is -2.51. The van der Waals surface area contributed by atoms with Gasteiger partial charge in [-0.1, -0.05) is 0 Å². The molecule has 7 heteroatoms. The molecule has 7 nitrogen and oxygen atoms in total. The number of nitrogens with zero attached hydrogens (tertiary/aromatic N) is 6. The highest BCUT2D eigenvalue weighted by Crippen LogP contribution is 2.47. The standard InChI is InChI=1S/C18H20N6O/c25-17(15-3-1-8-21-22-15)23-10-13-12-4-5-16(14(13)11-23)24(9-12)18-19-6-2-7-20-18/h1-3,6-8,12-14,16H,4-5,9-11H2. The summed E-state index contributed by atoms with van der Waals surface area (Å²) in [7, 11) is 0. The van der Waals surface area contributed by atoms with Crippen LogP contribution in [0.4, 0.5) is 5.95 Å². The van der Waals surface area contributed by atoms with Crippen LogP contribution in [0.2, 0.25) is 0 Å². The van der Waals surface area contributed by atoms with Crippen molar-refractivity contribution < 1.29 is 4.79 Å². The van der Waals surface area contributed by atoms with Crippen LogP contribution in [0.5, 0.6) is 0 Å². The lowest BCUT2D eigenvalue weighted by Crippen LogP contribution is -2.57. The van der Waals surface area contributed by atoms with Gasteiger partial charge >= 0.3 is 0 Å². The van der Waals surface area contributed by atoms with E-state index in [4.69, 9.17) is 0 Å². The minimum Gasteiger partial charge on any atom is -0.337 e. The lowest BCUT2D eigenvalue weighted by atomic mass is 9.67. The van der Waals surface area contributed by atoms with Crippen molar-refractivity contribution in [2.24, 2.45) is 17.8 Å². The molecule has 1 amide bonds. The Hall–Kier alpha value is -2.57. The van der Waals surface area contributed by atoms with Gasteiger partial charge in [0.25, 0.3) is 5.91 Å². The number of rotatable bonds is 2. The maximum Gasteiger partial charge on any atom is 0.274 e. The summed E-state index contributed by atoms with van der Waals surface area (Å²) < 4.78 is 0. The Balaban J connectivity index is 1.39. The fourth-order valence-corrected chi connectivity index (χ4v) is 4.99. The molecule has 3 saturated heterocycles. The molecule has 0 spiro atoms. The zero-order valence-electron chi connectivity index (χ0n) is 13.9. The quantitative estimate of drug-likeness (QED) is 0.822. The Morgan fingerprint density at radius 3 is 2.64 bits per heavy atom. The molecule has 4 aliphatic rings. The Kier molecular flexibility index (Phi) is 3.39. The predicted molar refractivity (Wildman–Crippen MR) is 90.8 cm³/mol. The molecule has 5 heterocycles. The molecule has 0 N–H and O–H groups in total. The average molecular weight is 336 g/mol. The molecule has 1 aliphatic carbocycles. The van der Waals surface area contributed by atoms with Crippen molar-refractivity contribution in [3.63, 3.8) is 0 Å². The Morgan fingerprint density at radius 2 is 1.84 bits per heavy atom. The van der Waals surface area contributed by atoms with E-state index in [0.717, 1.165) is 32.0 Å². The van der Waals surface area contributed by atoms with Gasteiger partial charge in [0.1, 0.15) is 0 Å². The van der Waals surface area contributed by atoms with Gasteiger partial charge in [-0.3, -0.25) is 4.79 Å². The van der Waals surface area contributed by atoms with Crippen molar-refractivity contribution in [2.45, 2.75) is 18.9 Å². The maximum atomic E-state index is 12.8. The molecule has 3 aliphatic heterocycles. The molecule has 1 saturated carbocycles. The van der Waals surface area contributed by atoms with Gasteiger partial charge in [0.15, 0.2) is 5.69 Å². The highest BCUT2D eigenvalue weighted by molar-refractivity contribution is 5.92.